The lowest BCUT2D eigenvalue weighted by Gasteiger charge is -2.55. The molecule has 3 aliphatic rings. The van der Waals surface area contributed by atoms with Crippen LogP contribution in [0.2, 0.25) is 0 Å². The number of aliphatic hydroxyl groups is 1. The first-order chi connectivity index (χ1) is 10.8. The van der Waals surface area contributed by atoms with E-state index in [4.69, 9.17) is 16.3 Å². The van der Waals surface area contributed by atoms with Crippen molar-refractivity contribution in [3.63, 3.8) is 0 Å². The summed E-state index contributed by atoms with van der Waals surface area (Å²) in [6.45, 7) is 5.81. The van der Waals surface area contributed by atoms with Crippen LogP contribution in [0, 0.1) is 11.8 Å². The lowest BCUT2D eigenvalue weighted by Crippen LogP contribution is -2.80. The molecule has 2 saturated heterocycles. The van der Waals surface area contributed by atoms with Crippen LogP contribution < -0.4 is 5.32 Å². The predicted octanol–water partition coefficient (Wildman–Crippen LogP) is 1.91. The number of esters is 1. The summed E-state index contributed by atoms with van der Waals surface area (Å²) in [7, 11) is 0. The van der Waals surface area contributed by atoms with Gasteiger partial charge in [-0.3, -0.25) is 4.79 Å². The van der Waals surface area contributed by atoms with Gasteiger partial charge in [0.25, 0.3) is 0 Å². The molecular weight excluding hydrogens is 318 g/mol. The quantitative estimate of drug-likeness (QED) is 0.465. The molecule has 0 spiro atoms. The lowest BCUT2D eigenvalue weighted by molar-refractivity contribution is -0.238. The van der Waals surface area contributed by atoms with Crippen LogP contribution >= 0.6 is 11.6 Å². The lowest BCUT2D eigenvalue weighted by atomic mass is 9.63. The molecule has 23 heavy (non-hydrogen) atoms. The number of fused-ring (bicyclic) bond motifs is 1. The second-order valence-corrected chi connectivity index (χ2v) is 7.61. The number of allylic oxidation sites excluding steroid dienone is 1. The highest BCUT2D eigenvalue weighted by molar-refractivity contribution is 6.18. The molecule has 3 rings (SSSR count). The third kappa shape index (κ3) is 2.02. The topological polar surface area (TPSA) is 75.6 Å². The highest BCUT2D eigenvalue weighted by atomic mass is 35.5. The predicted molar refractivity (Wildman–Crippen MR) is 85.9 cm³/mol. The zero-order valence-electron chi connectivity index (χ0n) is 13.8. The second kappa shape index (κ2) is 5.49. The largest absolute Gasteiger partial charge is 0.453 e. The van der Waals surface area contributed by atoms with E-state index in [1.54, 1.807) is 6.92 Å². The molecule has 1 amide bonds. The van der Waals surface area contributed by atoms with Crippen LogP contribution in [-0.2, 0) is 14.3 Å². The van der Waals surface area contributed by atoms with Crippen molar-refractivity contribution in [3.8, 4) is 0 Å². The van der Waals surface area contributed by atoms with Crippen molar-refractivity contribution in [1.82, 2.24) is 5.32 Å². The number of rotatable bonds is 4. The van der Waals surface area contributed by atoms with E-state index in [2.05, 4.69) is 12.2 Å². The molecule has 128 valence electrons. The van der Waals surface area contributed by atoms with E-state index in [1.165, 1.54) is 5.57 Å². The number of ether oxygens (including phenoxy) is 1. The molecular formula is C17H24ClNO4. The Hall–Kier alpha value is -1.07. The SMILES string of the molecule is CC1=C(C)[C@@H]([C@H](O)[C@@]23NC(=O)[C@H](CCCl)[C@]2(C)OC3=O)CCC1. The molecule has 0 radical (unpaired) electrons. The van der Waals surface area contributed by atoms with E-state index < -0.39 is 29.1 Å². The van der Waals surface area contributed by atoms with Gasteiger partial charge in [0.1, 0.15) is 0 Å². The number of amides is 1. The average molecular weight is 342 g/mol. The Morgan fingerprint density at radius 1 is 1.43 bits per heavy atom. The van der Waals surface area contributed by atoms with Gasteiger partial charge in [0.05, 0.1) is 12.0 Å². The van der Waals surface area contributed by atoms with Gasteiger partial charge in [-0.05, 0) is 46.5 Å². The highest BCUT2D eigenvalue weighted by Crippen LogP contribution is 2.54. The van der Waals surface area contributed by atoms with Crippen molar-refractivity contribution in [2.45, 2.75) is 63.7 Å². The van der Waals surface area contributed by atoms with E-state index in [1.807, 2.05) is 6.92 Å². The monoisotopic (exact) mass is 341 g/mol. The summed E-state index contributed by atoms with van der Waals surface area (Å²) in [5.74, 6) is -1.13. The standard InChI is InChI=1S/C17H24ClNO4/c1-9-5-4-6-11(10(9)2)13(20)17-15(22)23-16(17,3)12(7-8-18)14(21)19-17/h11-13,20H,4-8H2,1-3H3,(H,19,21)/t11-,12-,13-,16-,17-/m0/s1. The maximum absolute atomic E-state index is 12.4. The Morgan fingerprint density at radius 2 is 2.13 bits per heavy atom. The number of alkyl halides is 1. The van der Waals surface area contributed by atoms with E-state index >= 15 is 0 Å². The fourth-order valence-corrected chi connectivity index (χ4v) is 4.80. The number of hydrogen-bond acceptors (Lipinski definition) is 4. The highest BCUT2D eigenvalue weighted by Gasteiger charge is 2.79. The fourth-order valence-electron chi connectivity index (χ4n) is 4.58. The normalized spacial score (nSPS) is 41.1. The molecule has 0 unspecified atom stereocenters. The number of halogens is 1. The zero-order valence-corrected chi connectivity index (χ0v) is 14.6. The van der Waals surface area contributed by atoms with Gasteiger partial charge in [-0.1, -0.05) is 11.1 Å². The Kier molecular flexibility index (Phi) is 4.00. The molecule has 5 atom stereocenters. The third-order valence-electron chi connectivity index (χ3n) is 6.23. The van der Waals surface area contributed by atoms with E-state index in [-0.39, 0.29) is 11.8 Å². The maximum atomic E-state index is 12.4. The van der Waals surface area contributed by atoms with Crippen LogP contribution in [-0.4, -0.2) is 40.1 Å². The zero-order chi connectivity index (χ0) is 17.0. The molecule has 0 bridgehead atoms. The van der Waals surface area contributed by atoms with E-state index in [0.717, 1.165) is 24.8 Å². The van der Waals surface area contributed by atoms with Crippen molar-refractivity contribution < 1.29 is 19.4 Å². The second-order valence-electron chi connectivity index (χ2n) is 7.23. The van der Waals surface area contributed by atoms with Crippen molar-refractivity contribution in [2.24, 2.45) is 11.8 Å². The number of aliphatic hydroxyl groups excluding tert-OH is 1. The molecule has 0 aromatic carbocycles. The minimum Gasteiger partial charge on any atom is -0.453 e. The van der Waals surface area contributed by atoms with Crippen molar-refractivity contribution in [2.75, 3.05) is 5.88 Å². The number of carbonyl (C=O) groups excluding carboxylic acids is 2. The first-order valence-corrected chi connectivity index (χ1v) is 8.78. The summed E-state index contributed by atoms with van der Waals surface area (Å²) in [6, 6.07) is 0. The smallest absolute Gasteiger partial charge is 0.339 e. The minimum absolute atomic E-state index is 0.133. The summed E-state index contributed by atoms with van der Waals surface area (Å²) in [6.07, 6.45) is 2.25. The number of hydrogen-bond donors (Lipinski definition) is 2. The summed E-state index contributed by atoms with van der Waals surface area (Å²) >= 11 is 5.81. The molecule has 0 saturated carbocycles. The third-order valence-corrected chi connectivity index (χ3v) is 6.45. The van der Waals surface area contributed by atoms with Crippen molar-refractivity contribution >= 4 is 23.5 Å². The summed E-state index contributed by atoms with van der Waals surface area (Å²) in [5.41, 5.74) is 0.00814. The summed E-state index contributed by atoms with van der Waals surface area (Å²) < 4.78 is 5.41. The van der Waals surface area contributed by atoms with Crippen molar-refractivity contribution in [3.05, 3.63) is 11.1 Å². The number of nitrogens with one attached hydrogen (secondary N) is 1. The van der Waals surface area contributed by atoms with E-state index in [0.29, 0.717) is 12.3 Å². The molecule has 2 fully saturated rings. The molecule has 2 heterocycles. The molecule has 1 aliphatic carbocycles. The van der Waals surface area contributed by atoms with Crippen LogP contribution in [0.3, 0.4) is 0 Å². The van der Waals surface area contributed by atoms with Crippen LogP contribution in [0.4, 0.5) is 0 Å². The van der Waals surface area contributed by atoms with Crippen molar-refractivity contribution in [1.29, 1.82) is 0 Å². The number of carbonyl (C=O) groups is 2. The Labute approximate surface area is 141 Å². The minimum atomic E-state index is -1.34. The van der Waals surface area contributed by atoms with Crippen LogP contribution in [0.25, 0.3) is 0 Å². The molecule has 2 aliphatic heterocycles. The van der Waals surface area contributed by atoms with Crippen LogP contribution in [0.1, 0.15) is 46.5 Å². The first kappa shape index (κ1) is 16.8. The molecule has 0 aromatic rings. The first-order valence-electron chi connectivity index (χ1n) is 8.25. The Bertz CT molecular complexity index is 589. The van der Waals surface area contributed by atoms with Gasteiger partial charge in [-0.2, -0.15) is 0 Å². The average Bonchev–Trinajstić information content (AvgIpc) is 2.67. The van der Waals surface area contributed by atoms with E-state index in [9.17, 15) is 14.7 Å². The van der Waals surface area contributed by atoms with Gasteiger partial charge in [0, 0.05) is 11.8 Å². The van der Waals surface area contributed by atoms with Gasteiger partial charge in [-0.15, -0.1) is 11.6 Å². The van der Waals surface area contributed by atoms with Gasteiger partial charge in [0.15, 0.2) is 5.60 Å². The van der Waals surface area contributed by atoms with Gasteiger partial charge < -0.3 is 15.2 Å². The van der Waals surface area contributed by atoms with Gasteiger partial charge in [-0.25, -0.2) is 4.79 Å². The molecule has 5 nitrogen and oxygen atoms in total. The molecule has 6 heteroatoms. The molecule has 0 aromatic heterocycles. The van der Waals surface area contributed by atoms with Gasteiger partial charge in [0.2, 0.25) is 11.4 Å². The maximum Gasteiger partial charge on any atom is 0.339 e. The summed E-state index contributed by atoms with van der Waals surface area (Å²) in [5, 5.41) is 13.9. The fraction of sp³-hybridized carbons (Fsp3) is 0.765. The Morgan fingerprint density at radius 3 is 2.74 bits per heavy atom. The van der Waals surface area contributed by atoms with Crippen LogP contribution in [0.5, 0.6) is 0 Å². The van der Waals surface area contributed by atoms with Gasteiger partial charge >= 0.3 is 5.97 Å². The van der Waals surface area contributed by atoms with Crippen LogP contribution in [0.15, 0.2) is 11.1 Å². The summed E-state index contributed by atoms with van der Waals surface area (Å²) in [4.78, 5) is 24.7. The molecule has 2 N–H and O–H groups in total. The Balaban J connectivity index is 1.98.